The van der Waals surface area contributed by atoms with Crippen molar-refractivity contribution in [1.82, 2.24) is 10.2 Å². The topological polar surface area (TPSA) is 111 Å². The number of likely N-dealkylation sites (tertiary alicyclic amines) is 1. The van der Waals surface area contributed by atoms with Crippen LogP contribution in [0.4, 0.5) is 0 Å². The van der Waals surface area contributed by atoms with Crippen LogP contribution in [0.3, 0.4) is 0 Å². The first kappa shape index (κ1) is 20.9. The molecule has 3 atom stereocenters. The van der Waals surface area contributed by atoms with Crippen LogP contribution >= 0.6 is 0 Å². The van der Waals surface area contributed by atoms with Crippen molar-refractivity contribution in [3.63, 3.8) is 0 Å². The van der Waals surface area contributed by atoms with Gasteiger partial charge in [0.15, 0.2) is 0 Å². The predicted molar refractivity (Wildman–Crippen MR) is 112 cm³/mol. The van der Waals surface area contributed by atoms with E-state index in [1.807, 2.05) is 30.3 Å². The Bertz CT molecular complexity index is 978. The Kier molecular flexibility index (Phi) is 5.65. The molecule has 162 valence electrons. The minimum absolute atomic E-state index is 0.0660. The summed E-state index contributed by atoms with van der Waals surface area (Å²) in [7, 11) is 1.60. The summed E-state index contributed by atoms with van der Waals surface area (Å²) >= 11 is 0. The average Bonchev–Trinajstić information content (AvgIpc) is 3.36. The predicted octanol–water partition coefficient (Wildman–Crippen LogP) is 1.70. The molecule has 2 fully saturated rings. The van der Waals surface area contributed by atoms with Gasteiger partial charge < -0.3 is 25.4 Å². The van der Waals surface area contributed by atoms with Crippen LogP contribution < -0.4 is 15.8 Å². The molecule has 3 N–H and O–H groups in total. The molecule has 3 amide bonds. The normalized spacial score (nSPS) is 23.7. The monoisotopic (exact) mass is 423 g/mol. The second-order valence-corrected chi connectivity index (χ2v) is 8.06. The minimum atomic E-state index is -0.660. The van der Waals surface area contributed by atoms with Gasteiger partial charge in [-0.25, -0.2) is 0 Å². The van der Waals surface area contributed by atoms with E-state index in [1.165, 1.54) is 4.90 Å². The number of nitrogens with zero attached hydrogens (tertiary/aromatic N) is 1. The minimum Gasteiger partial charge on any atom is -0.457 e. The molecule has 0 aromatic heterocycles. The highest BCUT2D eigenvalue weighted by Gasteiger charge is 2.66. The van der Waals surface area contributed by atoms with Gasteiger partial charge in [-0.2, -0.15) is 0 Å². The molecule has 3 unspecified atom stereocenters. The van der Waals surface area contributed by atoms with Crippen molar-refractivity contribution in [2.45, 2.75) is 24.9 Å². The maximum atomic E-state index is 12.8. The second-order valence-electron chi connectivity index (χ2n) is 8.06. The molecule has 1 heterocycles. The molecule has 1 aliphatic carbocycles. The van der Waals surface area contributed by atoms with Gasteiger partial charge in [-0.05, 0) is 49.2 Å². The molecule has 0 spiro atoms. The highest BCUT2D eigenvalue weighted by atomic mass is 16.5. The van der Waals surface area contributed by atoms with Crippen molar-refractivity contribution in [3.05, 3.63) is 60.2 Å². The number of piperidine rings is 1. The molecule has 1 saturated carbocycles. The third-order valence-corrected chi connectivity index (χ3v) is 5.96. The van der Waals surface area contributed by atoms with Gasteiger partial charge in [-0.15, -0.1) is 0 Å². The molecule has 2 aromatic rings. The number of fused-ring (bicyclic) bond motifs is 1. The number of hydrogen-bond donors (Lipinski definition) is 2. The third kappa shape index (κ3) is 4.25. The molecule has 1 saturated heterocycles. The Morgan fingerprint density at radius 3 is 2.39 bits per heavy atom. The number of carbonyl (C=O) groups excluding carboxylic acids is 3. The molecule has 4 rings (SSSR count). The van der Waals surface area contributed by atoms with Crippen molar-refractivity contribution >= 4 is 17.7 Å². The van der Waals surface area contributed by atoms with E-state index in [0.29, 0.717) is 30.1 Å². The van der Waals surface area contributed by atoms with Crippen LogP contribution in [0.1, 0.15) is 23.2 Å². The fourth-order valence-corrected chi connectivity index (χ4v) is 4.37. The maximum absolute atomic E-state index is 12.8. The van der Waals surface area contributed by atoms with E-state index < -0.39 is 11.9 Å². The van der Waals surface area contributed by atoms with Crippen molar-refractivity contribution < 1.29 is 23.9 Å². The van der Waals surface area contributed by atoms with Gasteiger partial charge >= 0.3 is 0 Å². The fourth-order valence-electron chi connectivity index (χ4n) is 4.37. The van der Waals surface area contributed by atoms with Gasteiger partial charge in [-0.1, -0.05) is 18.2 Å². The first-order valence-corrected chi connectivity index (χ1v) is 10.1. The van der Waals surface area contributed by atoms with Crippen molar-refractivity contribution in [3.8, 4) is 11.5 Å². The van der Waals surface area contributed by atoms with E-state index in [-0.39, 0.29) is 29.8 Å². The largest absolute Gasteiger partial charge is 0.457 e. The summed E-state index contributed by atoms with van der Waals surface area (Å²) in [5.41, 5.74) is 5.72. The molecule has 1 aliphatic heterocycles. The number of benzene rings is 2. The number of ether oxygens (including phenoxy) is 2. The van der Waals surface area contributed by atoms with Crippen LogP contribution in [0, 0.1) is 5.41 Å². The number of primary amides is 1. The van der Waals surface area contributed by atoms with Crippen LogP contribution in [0.15, 0.2) is 54.6 Å². The summed E-state index contributed by atoms with van der Waals surface area (Å²) in [6.07, 6.45) is 1.29. The van der Waals surface area contributed by atoms with Crippen LogP contribution in [-0.2, 0) is 14.3 Å². The first-order chi connectivity index (χ1) is 14.9. The Balaban J connectivity index is 1.34. The van der Waals surface area contributed by atoms with Gasteiger partial charge in [0.2, 0.25) is 11.8 Å². The van der Waals surface area contributed by atoms with E-state index in [2.05, 4.69) is 5.32 Å². The molecule has 31 heavy (non-hydrogen) atoms. The van der Waals surface area contributed by atoms with Gasteiger partial charge in [0.25, 0.3) is 5.91 Å². The standard InChI is InChI=1S/C23H25N3O5/c1-30-14-23-11-18(21(24)28)26(19(23)12-23)20(27)13-25-22(29)15-7-9-17(10-8-15)31-16-5-3-2-4-6-16/h2-10,18-19H,11-14H2,1H3,(H2,24,28)(H,25,29). The van der Waals surface area contributed by atoms with E-state index in [4.69, 9.17) is 15.2 Å². The highest BCUT2D eigenvalue weighted by Crippen LogP contribution is 2.59. The number of rotatable bonds is 8. The van der Waals surface area contributed by atoms with Crippen molar-refractivity contribution in [2.75, 3.05) is 20.3 Å². The van der Waals surface area contributed by atoms with Crippen LogP contribution in [0.5, 0.6) is 11.5 Å². The van der Waals surface area contributed by atoms with Crippen molar-refractivity contribution in [2.24, 2.45) is 11.1 Å². The summed E-state index contributed by atoms with van der Waals surface area (Å²) in [6.45, 7) is 0.277. The zero-order chi connectivity index (χ0) is 22.0. The molecule has 8 heteroatoms. The lowest BCUT2D eigenvalue weighted by Gasteiger charge is -2.25. The summed E-state index contributed by atoms with van der Waals surface area (Å²) < 4.78 is 11.0. The third-order valence-electron chi connectivity index (χ3n) is 5.96. The Labute approximate surface area is 180 Å². The molecular weight excluding hydrogens is 398 g/mol. The number of para-hydroxylation sites is 1. The van der Waals surface area contributed by atoms with Gasteiger partial charge in [0.1, 0.15) is 17.5 Å². The number of amides is 3. The quantitative estimate of drug-likeness (QED) is 0.671. The summed E-state index contributed by atoms with van der Waals surface area (Å²) in [6, 6.07) is 15.2. The number of methoxy groups -OCH3 is 1. The van der Waals surface area contributed by atoms with Gasteiger partial charge in [-0.3, -0.25) is 14.4 Å². The second kappa shape index (κ2) is 8.39. The van der Waals surface area contributed by atoms with E-state index >= 15 is 0 Å². The van der Waals surface area contributed by atoms with E-state index in [0.717, 1.165) is 6.42 Å². The van der Waals surface area contributed by atoms with Gasteiger partial charge in [0.05, 0.1) is 13.2 Å². The first-order valence-electron chi connectivity index (χ1n) is 10.1. The van der Waals surface area contributed by atoms with E-state index in [9.17, 15) is 14.4 Å². The fraction of sp³-hybridized carbons (Fsp3) is 0.348. The zero-order valence-electron chi connectivity index (χ0n) is 17.2. The Morgan fingerprint density at radius 1 is 1.06 bits per heavy atom. The molecule has 8 nitrogen and oxygen atoms in total. The summed E-state index contributed by atoms with van der Waals surface area (Å²) in [5.74, 6) is 0.0688. The SMILES string of the molecule is COCC12CC(C(N)=O)N(C(=O)CNC(=O)c3ccc(Oc4ccccc4)cc3)C1C2. The smallest absolute Gasteiger partial charge is 0.251 e. The van der Waals surface area contributed by atoms with Crippen LogP contribution in [0.2, 0.25) is 0 Å². The molecule has 2 aliphatic rings. The number of nitrogens with one attached hydrogen (secondary N) is 1. The molecule has 2 aromatic carbocycles. The average molecular weight is 423 g/mol. The summed E-state index contributed by atoms with van der Waals surface area (Å²) in [5, 5.41) is 2.63. The molecular formula is C23H25N3O5. The zero-order valence-corrected chi connectivity index (χ0v) is 17.2. The molecule has 0 bridgehead atoms. The number of hydrogen-bond acceptors (Lipinski definition) is 5. The Hall–Kier alpha value is -3.39. The van der Waals surface area contributed by atoms with Crippen LogP contribution in [-0.4, -0.2) is 55.0 Å². The molecule has 0 radical (unpaired) electrons. The van der Waals surface area contributed by atoms with E-state index in [1.54, 1.807) is 31.4 Å². The van der Waals surface area contributed by atoms with Crippen LogP contribution in [0.25, 0.3) is 0 Å². The lowest BCUT2D eigenvalue weighted by molar-refractivity contribution is -0.137. The summed E-state index contributed by atoms with van der Waals surface area (Å²) in [4.78, 5) is 38.6. The lowest BCUT2D eigenvalue weighted by atomic mass is 10.0. The van der Waals surface area contributed by atoms with Crippen molar-refractivity contribution in [1.29, 1.82) is 0 Å². The maximum Gasteiger partial charge on any atom is 0.251 e. The highest BCUT2D eigenvalue weighted by molar-refractivity contribution is 5.97. The lowest BCUT2D eigenvalue weighted by Crippen LogP contribution is -2.49. The number of nitrogens with two attached hydrogens (primary N) is 1. The van der Waals surface area contributed by atoms with Gasteiger partial charge in [0, 0.05) is 24.1 Å². The Morgan fingerprint density at radius 2 is 1.74 bits per heavy atom. The number of carbonyl (C=O) groups is 3.